The van der Waals surface area contributed by atoms with Crippen molar-refractivity contribution in [3.63, 3.8) is 0 Å². The molecular weight excluding hydrogens is 349 g/mol. The predicted octanol–water partition coefficient (Wildman–Crippen LogP) is 5.55. The van der Waals surface area contributed by atoms with E-state index in [4.69, 9.17) is 16.3 Å². The van der Waals surface area contributed by atoms with Crippen LogP contribution in [0.25, 0.3) is 0 Å². The van der Waals surface area contributed by atoms with E-state index in [0.29, 0.717) is 6.04 Å². The molecule has 0 radical (unpaired) electrons. The highest BCUT2D eigenvalue weighted by atomic mass is 35.5. The molecule has 0 amide bonds. The maximum Gasteiger partial charge on any atom is 0.123 e. The lowest BCUT2D eigenvalue weighted by molar-refractivity contribution is -0.0628. The van der Waals surface area contributed by atoms with Crippen molar-refractivity contribution in [2.75, 3.05) is 13.2 Å². The van der Waals surface area contributed by atoms with Gasteiger partial charge in [-0.1, -0.05) is 35.9 Å². The van der Waals surface area contributed by atoms with Crippen molar-refractivity contribution in [1.82, 2.24) is 5.32 Å². The first kappa shape index (κ1) is 19.3. The van der Waals surface area contributed by atoms with Crippen LogP contribution in [0, 0.1) is 5.82 Å². The normalized spacial score (nSPS) is 20.7. The summed E-state index contributed by atoms with van der Waals surface area (Å²) in [4.78, 5) is 0. The summed E-state index contributed by atoms with van der Waals surface area (Å²) in [5.41, 5.74) is 2.28. The van der Waals surface area contributed by atoms with Gasteiger partial charge in [-0.15, -0.1) is 0 Å². The van der Waals surface area contributed by atoms with Crippen molar-refractivity contribution in [1.29, 1.82) is 0 Å². The zero-order chi connectivity index (χ0) is 18.6. The van der Waals surface area contributed by atoms with Crippen LogP contribution in [-0.4, -0.2) is 24.8 Å². The van der Waals surface area contributed by atoms with Crippen LogP contribution in [0.15, 0.2) is 48.5 Å². The SMILES string of the molecule is CC1(C)C[C@@H](NCC[C@H](c2ccc(F)cc2)c2ccc(Cl)cc2)CCO1. The number of nitrogens with one attached hydrogen (secondary N) is 1. The zero-order valence-corrected chi connectivity index (χ0v) is 16.2. The topological polar surface area (TPSA) is 21.3 Å². The molecule has 140 valence electrons. The van der Waals surface area contributed by atoms with Crippen molar-refractivity contribution in [3.05, 3.63) is 70.5 Å². The number of hydrogen-bond acceptors (Lipinski definition) is 2. The second kappa shape index (κ2) is 8.51. The largest absolute Gasteiger partial charge is 0.375 e. The Balaban J connectivity index is 1.68. The third-order valence-corrected chi connectivity index (χ3v) is 5.36. The van der Waals surface area contributed by atoms with E-state index in [1.54, 1.807) is 0 Å². The van der Waals surface area contributed by atoms with Gasteiger partial charge < -0.3 is 10.1 Å². The number of rotatable bonds is 6. The molecule has 3 rings (SSSR count). The van der Waals surface area contributed by atoms with Gasteiger partial charge in [-0.25, -0.2) is 4.39 Å². The van der Waals surface area contributed by atoms with Crippen LogP contribution in [-0.2, 0) is 4.74 Å². The lowest BCUT2D eigenvalue weighted by Crippen LogP contribution is -2.44. The highest BCUT2D eigenvalue weighted by Gasteiger charge is 2.28. The first-order chi connectivity index (χ1) is 12.4. The third kappa shape index (κ3) is 5.29. The minimum atomic E-state index is -0.203. The van der Waals surface area contributed by atoms with E-state index in [0.717, 1.165) is 43.0 Å². The van der Waals surface area contributed by atoms with Gasteiger partial charge in [0.25, 0.3) is 0 Å². The summed E-state index contributed by atoms with van der Waals surface area (Å²) in [5.74, 6) is 0.0133. The van der Waals surface area contributed by atoms with Gasteiger partial charge in [-0.3, -0.25) is 0 Å². The molecule has 0 unspecified atom stereocenters. The second-order valence-electron chi connectivity index (χ2n) is 7.70. The molecule has 4 heteroatoms. The summed E-state index contributed by atoms with van der Waals surface area (Å²) in [6.07, 6.45) is 3.02. The fourth-order valence-corrected chi connectivity index (χ4v) is 3.88. The maximum absolute atomic E-state index is 13.3. The number of hydrogen-bond donors (Lipinski definition) is 1. The Hall–Kier alpha value is -1.42. The fraction of sp³-hybridized carbons (Fsp3) is 0.455. The molecule has 0 bridgehead atoms. The Labute approximate surface area is 160 Å². The summed E-state index contributed by atoms with van der Waals surface area (Å²) in [6.45, 7) is 6.01. The highest BCUT2D eigenvalue weighted by Crippen LogP contribution is 2.29. The van der Waals surface area contributed by atoms with E-state index in [1.807, 2.05) is 24.3 Å². The molecule has 1 heterocycles. The summed E-state index contributed by atoms with van der Waals surface area (Å²) in [5, 5.41) is 4.42. The van der Waals surface area contributed by atoms with Crippen LogP contribution in [0.1, 0.15) is 50.2 Å². The Kier molecular flexibility index (Phi) is 6.33. The van der Waals surface area contributed by atoms with E-state index >= 15 is 0 Å². The molecule has 2 nitrogen and oxygen atoms in total. The van der Waals surface area contributed by atoms with Crippen molar-refractivity contribution >= 4 is 11.6 Å². The standard InChI is InChI=1S/C22H27ClFNO/c1-22(2)15-20(12-14-26-22)25-13-11-21(16-3-7-18(23)8-4-16)17-5-9-19(24)10-6-17/h3-10,20-21,25H,11-15H2,1-2H3/t20-,21-/m0/s1. The lowest BCUT2D eigenvalue weighted by atomic mass is 9.88. The molecule has 2 aromatic rings. The molecule has 2 atom stereocenters. The van der Waals surface area contributed by atoms with Crippen LogP contribution in [0.2, 0.25) is 5.02 Å². The van der Waals surface area contributed by atoms with Crippen LogP contribution in [0.3, 0.4) is 0 Å². The first-order valence-electron chi connectivity index (χ1n) is 9.31. The lowest BCUT2D eigenvalue weighted by Gasteiger charge is -2.36. The number of benzene rings is 2. The molecule has 0 aliphatic carbocycles. The molecule has 1 saturated heterocycles. The van der Waals surface area contributed by atoms with Gasteiger partial charge in [-0.2, -0.15) is 0 Å². The molecule has 1 N–H and O–H groups in total. The van der Waals surface area contributed by atoms with Crippen LogP contribution < -0.4 is 5.32 Å². The Morgan fingerprint density at radius 3 is 2.35 bits per heavy atom. The summed E-state index contributed by atoms with van der Waals surface area (Å²) >= 11 is 6.04. The third-order valence-electron chi connectivity index (χ3n) is 5.11. The Bertz CT molecular complexity index is 654. The molecule has 0 spiro atoms. The van der Waals surface area contributed by atoms with Gasteiger partial charge in [0.1, 0.15) is 5.82 Å². The number of ether oxygens (including phenoxy) is 1. The van der Waals surface area contributed by atoms with Crippen LogP contribution in [0.4, 0.5) is 4.39 Å². The fourth-order valence-electron chi connectivity index (χ4n) is 3.75. The molecule has 1 aliphatic heterocycles. The molecule has 0 saturated carbocycles. The van der Waals surface area contributed by atoms with Crippen molar-refractivity contribution in [2.45, 2.75) is 50.7 Å². The predicted molar refractivity (Wildman–Crippen MR) is 105 cm³/mol. The van der Waals surface area contributed by atoms with Gasteiger partial charge in [0.05, 0.1) is 5.60 Å². The molecule has 1 fully saturated rings. The van der Waals surface area contributed by atoms with Gasteiger partial charge in [-0.05, 0) is 75.0 Å². The van der Waals surface area contributed by atoms with Crippen LogP contribution in [0.5, 0.6) is 0 Å². The molecule has 0 aromatic heterocycles. The van der Waals surface area contributed by atoms with E-state index < -0.39 is 0 Å². The summed E-state index contributed by atoms with van der Waals surface area (Å²) < 4.78 is 19.1. The number of halogens is 2. The second-order valence-corrected chi connectivity index (χ2v) is 8.13. The van der Waals surface area contributed by atoms with Crippen molar-refractivity contribution in [3.8, 4) is 0 Å². The maximum atomic E-state index is 13.3. The van der Waals surface area contributed by atoms with Crippen molar-refractivity contribution in [2.24, 2.45) is 0 Å². The zero-order valence-electron chi connectivity index (χ0n) is 15.5. The van der Waals surface area contributed by atoms with Gasteiger partial charge >= 0.3 is 0 Å². The average Bonchev–Trinajstić information content (AvgIpc) is 2.60. The average molecular weight is 376 g/mol. The Morgan fingerprint density at radius 2 is 1.73 bits per heavy atom. The van der Waals surface area contributed by atoms with Crippen LogP contribution >= 0.6 is 11.6 Å². The molecule has 26 heavy (non-hydrogen) atoms. The van der Waals surface area contributed by atoms with E-state index in [-0.39, 0.29) is 17.3 Å². The van der Waals surface area contributed by atoms with Gasteiger partial charge in [0.2, 0.25) is 0 Å². The van der Waals surface area contributed by atoms with E-state index in [9.17, 15) is 4.39 Å². The van der Waals surface area contributed by atoms with E-state index in [1.165, 1.54) is 17.7 Å². The molecule has 2 aromatic carbocycles. The summed E-state index contributed by atoms with van der Waals surface area (Å²) in [6, 6.07) is 15.3. The van der Waals surface area contributed by atoms with Crippen molar-refractivity contribution < 1.29 is 9.13 Å². The molecular formula is C22H27ClFNO. The van der Waals surface area contributed by atoms with Gasteiger partial charge in [0, 0.05) is 23.6 Å². The monoisotopic (exact) mass is 375 g/mol. The quantitative estimate of drug-likeness (QED) is 0.714. The Morgan fingerprint density at radius 1 is 1.12 bits per heavy atom. The van der Waals surface area contributed by atoms with E-state index in [2.05, 4.69) is 31.3 Å². The summed E-state index contributed by atoms with van der Waals surface area (Å²) in [7, 11) is 0. The highest BCUT2D eigenvalue weighted by molar-refractivity contribution is 6.30. The minimum absolute atomic E-state index is 0.0531. The first-order valence-corrected chi connectivity index (χ1v) is 9.69. The minimum Gasteiger partial charge on any atom is -0.375 e. The smallest absolute Gasteiger partial charge is 0.123 e. The molecule has 1 aliphatic rings. The van der Waals surface area contributed by atoms with Gasteiger partial charge in [0.15, 0.2) is 0 Å².